The minimum Gasteiger partial charge on any atom is -0.478 e. The fourth-order valence-electron chi connectivity index (χ4n) is 1.54. The fourth-order valence-corrected chi connectivity index (χ4v) is 1.54. The summed E-state index contributed by atoms with van der Waals surface area (Å²) in [5.74, 6) is -0.931. The number of nitrogens with one attached hydrogen (secondary N) is 1. The van der Waals surface area contributed by atoms with Gasteiger partial charge in [-0.15, -0.1) is 13.2 Å². The summed E-state index contributed by atoms with van der Waals surface area (Å²) in [6.07, 6.45) is 5.32. The van der Waals surface area contributed by atoms with Crippen molar-refractivity contribution in [2.75, 3.05) is 5.32 Å². The number of rotatable bonds is 7. The van der Waals surface area contributed by atoms with E-state index in [1.54, 1.807) is 24.3 Å². The average Bonchev–Trinajstić information content (AvgIpc) is 2.34. The second-order valence-corrected chi connectivity index (χ2v) is 3.70. The molecule has 0 aromatic heterocycles. The molecule has 0 saturated carbocycles. The molecule has 0 aliphatic heterocycles. The van der Waals surface area contributed by atoms with Gasteiger partial charge in [-0.1, -0.05) is 24.3 Å². The third-order valence-electron chi connectivity index (χ3n) is 2.46. The molecule has 1 unspecified atom stereocenters. The van der Waals surface area contributed by atoms with Crippen molar-refractivity contribution in [2.24, 2.45) is 0 Å². The van der Waals surface area contributed by atoms with Crippen LogP contribution in [0.25, 0.3) is 0 Å². The Balaban J connectivity index is 2.81. The van der Waals surface area contributed by atoms with Crippen LogP contribution in [0.2, 0.25) is 0 Å². The summed E-state index contributed by atoms with van der Waals surface area (Å²) >= 11 is 0. The van der Waals surface area contributed by atoms with Crippen LogP contribution in [0.5, 0.6) is 0 Å². The van der Waals surface area contributed by atoms with Crippen LogP contribution in [0.15, 0.2) is 49.6 Å². The standard InChI is InChI=1S/C14H17NO2/c1-3-5-8-11(4-2)15-13-10-7-6-9-12(13)14(16)17/h3-4,6-7,9-11,15H,1-2,5,8H2,(H,16,17). The van der Waals surface area contributed by atoms with Gasteiger partial charge >= 0.3 is 5.97 Å². The van der Waals surface area contributed by atoms with Gasteiger partial charge in [0.15, 0.2) is 0 Å². The van der Waals surface area contributed by atoms with Crippen LogP contribution < -0.4 is 5.32 Å². The Morgan fingerprint density at radius 3 is 2.71 bits per heavy atom. The van der Waals surface area contributed by atoms with E-state index < -0.39 is 5.97 Å². The molecular formula is C14H17NO2. The molecule has 17 heavy (non-hydrogen) atoms. The third-order valence-corrected chi connectivity index (χ3v) is 2.46. The van der Waals surface area contributed by atoms with Crippen molar-refractivity contribution in [3.8, 4) is 0 Å². The SMILES string of the molecule is C=CCCC(C=C)Nc1ccccc1C(=O)O. The maximum atomic E-state index is 11.0. The first-order chi connectivity index (χ1) is 8.19. The number of hydrogen-bond donors (Lipinski definition) is 2. The zero-order valence-electron chi connectivity index (χ0n) is 9.73. The minimum absolute atomic E-state index is 0.0495. The monoisotopic (exact) mass is 231 g/mol. The van der Waals surface area contributed by atoms with Crippen LogP contribution >= 0.6 is 0 Å². The Morgan fingerprint density at radius 2 is 2.12 bits per heavy atom. The van der Waals surface area contributed by atoms with Crippen LogP contribution in [0.3, 0.4) is 0 Å². The lowest BCUT2D eigenvalue weighted by Gasteiger charge is -2.16. The molecule has 0 amide bonds. The van der Waals surface area contributed by atoms with Crippen LogP contribution in [-0.2, 0) is 0 Å². The Kier molecular flexibility index (Phi) is 5.01. The fraction of sp³-hybridized carbons (Fsp3) is 0.214. The van der Waals surface area contributed by atoms with Gasteiger partial charge in [-0.25, -0.2) is 4.79 Å². The molecule has 0 aliphatic carbocycles. The van der Waals surface area contributed by atoms with Crippen molar-refractivity contribution < 1.29 is 9.90 Å². The van der Waals surface area contributed by atoms with Gasteiger partial charge in [-0.2, -0.15) is 0 Å². The van der Waals surface area contributed by atoms with E-state index in [0.29, 0.717) is 5.69 Å². The van der Waals surface area contributed by atoms with E-state index in [9.17, 15) is 4.79 Å². The topological polar surface area (TPSA) is 49.3 Å². The molecular weight excluding hydrogens is 214 g/mol. The van der Waals surface area contributed by atoms with Gasteiger partial charge in [0.1, 0.15) is 0 Å². The Labute approximate surface area is 101 Å². The molecule has 3 nitrogen and oxygen atoms in total. The molecule has 0 bridgehead atoms. The van der Waals surface area contributed by atoms with E-state index in [1.807, 2.05) is 12.1 Å². The van der Waals surface area contributed by atoms with E-state index >= 15 is 0 Å². The molecule has 90 valence electrons. The lowest BCUT2D eigenvalue weighted by molar-refractivity contribution is 0.0698. The number of anilines is 1. The van der Waals surface area contributed by atoms with Crippen molar-refractivity contribution in [1.29, 1.82) is 0 Å². The van der Waals surface area contributed by atoms with Gasteiger partial charge in [-0.05, 0) is 25.0 Å². The van der Waals surface area contributed by atoms with E-state index in [-0.39, 0.29) is 11.6 Å². The van der Waals surface area contributed by atoms with Gasteiger partial charge in [-0.3, -0.25) is 0 Å². The second kappa shape index (κ2) is 6.53. The van der Waals surface area contributed by atoms with Crippen LogP contribution in [0.4, 0.5) is 5.69 Å². The number of carboxylic acid groups (broad SMARTS) is 1. The highest BCUT2D eigenvalue weighted by atomic mass is 16.4. The highest BCUT2D eigenvalue weighted by Crippen LogP contribution is 2.17. The maximum absolute atomic E-state index is 11.0. The normalized spacial score (nSPS) is 11.5. The van der Waals surface area contributed by atoms with Crippen molar-refractivity contribution in [3.63, 3.8) is 0 Å². The van der Waals surface area contributed by atoms with Gasteiger partial charge in [0, 0.05) is 11.7 Å². The lowest BCUT2D eigenvalue weighted by Crippen LogP contribution is -2.18. The Morgan fingerprint density at radius 1 is 1.41 bits per heavy atom. The average molecular weight is 231 g/mol. The summed E-state index contributed by atoms with van der Waals surface area (Å²) in [5, 5.41) is 12.2. The second-order valence-electron chi connectivity index (χ2n) is 3.70. The van der Waals surface area contributed by atoms with Crippen molar-refractivity contribution >= 4 is 11.7 Å². The summed E-state index contributed by atoms with van der Waals surface area (Å²) in [6, 6.07) is 6.91. The molecule has 3 heteroatoms. The summed E-state index contributed by atoms with van der Waals surface area (Å²) in [6.45, 7) is 7.40. The Bertz CT molecular complexity index is 412. The number of aromatic carboxylic acids is 1. The number of para-hydroxylation sites is 1. The van der Waals surface area contributed by atoms with Gasteiger partial charge in [0.05, 0.1) is 5.56 Å². The summed E-state index contributed by atoms with van der Waals surface area (Å²) in [5.41, 5.74) is 0.895. The summed E-state index contributed by atoms with van der Waals surface area (Å²) in [7, 11) is 0. The lowest BCUT2D eigenvalue weighted by atomic mass is 10.1. The maximum Gasteiger partial charge on any atom is 0.337 e. The third kappa shape index (κ3) is 3.79. The number of benzene rings is 1. The molecule has 1 aromatic rings. The number of carbonyl (C=O) groups is 1. The van der Waals surface area contributed by atoms with E-state index in [2.05, 4.69) is 18.5 Å². The van der Waals surface area contributed by atoms with Gasteiger partial charge in [0.25, 0.3) is 0 Å². The first-order valence-corrected chi connectivity index (χ1v) is 5.51. The predicted molar refractivity (Wildman–Crippen MR) is 70.4 cm³/mol. The van der Waals surface area contributed by atoms with Gasteiger partial charge < -0.3 is 10.4 Å². The van der Waals surface area contributed by atoms with Gasteiger partial charge in [0.2, 0.25) is 0 Å². The molecule has 1 rings (SSSR count). The number of hydrogen-bond acceptors (Lipinski definition) is 2. The van der Waals surface area contributed by atoms with E-state index in [1.165, 1.54) is 0 Å². The van der Waals surface area contributed by atoms with Crippen molar-refractivity contribution in [3.05, 3.63) is 55.1 Å². The Hall–Kier alpha value is -2.03. The van der Waals surface area contributed by atoms with E-state index in [0.717, 1.165) is 12.8 Å². The highest BCUT2D eigenvalue weighted by molar-refractivity contribution is 5.94. The highest BCUT2D eigenvalue weighted by Gasteiger charge is 2.11. The quantitative estimate of drug-likeness (QED) is 0.708. The molecule has 0 heterocycles. The minimum atomic E-state index is -0.931. The molecule has 0 fully saturated rings. The van der Waals surface area contributed by atoms with Crippen LogP contribution in [0.1, 0.15) is 23.2 Å². The summed E-state index contributed by atoms with van der Waals surface area (Å²) < 4.78 is 0. The molecule has 0 radical (unpaired) electrons. The largest absolute Gasteiger partial charge is 0.478 e. The molecule has 2 N–H and O–H groups in total. The first-order valence-electron chi connectivity index (χ1n) is 5.51. The van der Waals surface area contributed by atoms with E-state index in [4.69, 9.17) is 5.11 Å². The molecule has 0 saturated heterocycles. The molecule has 0 spiro atoms. The number of carboxylic acids is 1. The van der Waals surface area contributed by atoms with Crippen LogP contribution in [-0.4, -0.2) is 17.1 Å². The zero-order valence-corrected chi connectivity index (χ0v) is 9.73. The molecule has 1 atom stereocenters. The molecule has 1 aromatic carbocycles. The van der Waals surface area contributed by atoms with Crippen LogP contribution in [0, 0.1) is 0 Å². The summed E-state index contributed by atoms with van der Waals surface area (Å²) in [4.78, 5) is 11.0. The zero-order chi connectivity index (χ0) is 12.7. The first kappa shape index (κ1) is 13.0. The number of allylic oxidation sites excluding steroid dienone is 1. The smallest absolute Gasteiger partial charge is 0.337 e. The van der Waals surface area contributed by atoms with Crippen molar-refractivity contribution in [2.45, 2.75) is 18.9 Å². The molecule has 0 aliphatic rings. The predicted octanol–water partition coefficient (Wildman–Crippen LogP) is 3.32. The van der Waals surface area contributed by atoms with Crippen molar-refractivity contribution in [1.82, 2.24) is 0 Å².